The highest BCUT2D eigenvalue weighted by molar-refractivity contribution is 5.83. The zero-order chi connectivity index (χ0) is 16.1. The van der Waals surface area contributed by atoms with Crippen molar-refractivity contribution in [2.24, 2.45) is 0 Å². The predicted molar refractivity (Wildman–Crippen MR) is 86.1 cm³/mol. The Morgan fingerprint density at radius 2 is 2.09 bits per heavy atom. The van der Waals surface area contributed by atoms with Gasteiger partial charge in [0.1, 0.15) is 11.8 Å². The van der Waals surface area contributed by atoms with E-state index < -0.39 is 0 Å². The third kappa shape index (κ3) is 3.74. The Morgan fingerprint density at radius 3 is 2.87 bits per heavy atom. The lowest BCUT2D eigenvalue weighted by molar-refractivity contribution is -0.129. The van der Waals surface area contributed by atoms with Crippen molar-refractivity contribution in [3.63, 3.8) is 0 Å². The number of likely N-dealkylation sites (tertiary alicyclic amines) is 1. The number of amides is 1. The summed E-state index contributed by atoms with van der Waals surface area (Å²) in [5, 5.41) is 12.2. The third-order valence-corrected chi connectivity index (χ3v) is 4.01. The molecule has 1 fully saturated rings. The Morgan fingerprint density at radius 1 is 1.26 bits per heavy atom. The van der Waals surface area contributed by atoms with Crippen molar-refractivity contribution in [1.29, 1.82) is 5.26 Å². The van der Waals surface area contributed by atoms with E-state index in [-0.39, 0.29) is 11.9 Å². The Labute approximate surface area is 135 Å². The first-order valence-corrected chi connectivity index (χ1v) is 7.67. The topological polar surface area (TPSA) is 69.0 Å². The molecule has 1 saturated heterocycles. The molecule has 0 saturated carbocycles. The van der Waals surface area contributed by atoms with E-state index in [1.54, 1.807) is 12.3 Å². The van der Waals surface area contributed by atoms with E-state index in [1.807, 2.05) is 47.4 Å². The van der Waals surface area contributed by atoms with Gasteiger partial charge in [0.15, 0.2) is 0 Å². The van der Waals surface area contributed by atoms with Gasteiger partial charge in [-0.1, -0.05) is 30.3 Å². The minimum Gasteiger partial charge on any atom is -0.337 e. The van der Waals surface area contributed by atoms with Crippen LogP contribution in [0.15, 0.2) is 48.7 Å². The van der Waals surface area contributed by atoms with Gasteiger partial charge in [0, 0.05) is 25.8 Å². The van der Waals surface area contributed by atoms with Crippen LogP contribution in [0, 0.1) is 11.3 Å². The fourth-order valence-corrected chi connectivity index (χ4v) is 2.78. The molecule has 2 heterocycles. The van der Waals surface area contributed by atoms with Crippen molar-refractivity contribution in [1.82, 2.24) is 15.2 Å². The standard InChI is InChI=1S/C18H18N4O/c19-11-16-10-15(6-8-20-16)13-22-9-7-17(18(22)23)21-12-14-4-2-1-3-5-14/h1-6,8,10,17,21H,7,9,12-13H2/t17-/m0/s1. The number of carbonyl (C=O) groups is 1. The highest BCUT2D eigenvalue weighted by Crippen LogP contribution is 2.16. The number of nitrogens with zero attached hydrogens (tertiary/aromatic N) is 3. The van der Waals surface area contributed by atoms with E-state index in [1.165, 1.54) is 5.56 Å². The number of hydrogen-bond donors (Lipinski definition) is 1. The van der Waals surface area contributed by atoms with Gasteiger partial charge in [-0.25, -0.2) is 4.98 Å². The van der Waals surface area contributed by atoms with Gasteiger partial charge in [-0.05, 0) is 29.7 Å². The van der Waals surface area contributed by atoms with Crippen LogP contribution in [0.25, 0.3) is 0 Å². The second kappa shape index (κ2) is 7.03. The van der Waals surface area contributed by atoms with Crippen LogP contribution in [0.2, 0.25) is 0 Å². The molecule has 5 heteroatoms. The van der Waals surface area contributed by atoms with Crippen LogP contribution in [-0.2, 0) is 17.9 Å². The molecule has 1 aromatic heterocycles. The third-order valence-electron chi connectivity index (χ3n) is 4.01. The van der Waals surface area contributed by atoms with Crippen LogP contribution in [0.4, 0.5) is 0 Å². The smallest absolute Gasteiger partial charge is 0.240 e. The van der Waals surface area contributed by atoms with Crippen LogP contribution in [0.1, 0.15) is 23.2 Å². The normalized spacial score (nSPS) is 17.3. The van der Waals surface area contributed by atoms with Crippen LogP contribution >= 0.6 is 0 Å². The Balaban J connectivity index is 1.57. The maximum Gasteiger partial charge on any atom is 0.240 e. The number of rotatable bonds is 5. The molecule has 1 aromatic carbocycles. The highest BCUT2D eigenvalue weighted by Gasteiger charge is 2.30. The first kappa shape index (κ1) is 15.2. The van der Waals surface area contributed by atoms with E-state index in [0.717, 1.165) is 18.5 Å². The monoisotopic (exact) mass is 306 g/mol. The summed E-state index contributed by atoms with van der Waals surface area (Å²) in [6, 6.07) is 15.5. The van der Waals surface area contributed by atoms with Crippen molar-refractivity contribution in [3.8, 4) is 6.07 Å². The first-order valence-electron chi connectivity index (χ1n) is 7.67. The summed E-state index contributed by atoms with van der Waals surface area (Å²) >= 11 is 0. The second-order valence-corrected chi connectivity index (χ2v) is 5.63. The molecule has 1 aliphatic rings. The van der Waals surface area contributed by atoms with Crippen molar-refractivity contribution >= 4 is 5.91 Å². The van der Waals surface area contributed by atoms with Crippen molar-refractivity contribution in [2.75, 3.05) is 6.54 Å². The average molecular weight is 306 g/mol. The molecule has 5 nitrogen and oxygen atoms in total. The summed E-state index contributed by atoms with van der Waals surface area (Å²) in [6.45, 7) is 1.95. The van der Waals surface area contributed by atoms with Gasteiger partial charge in [0.25, 0.3) is 0 Å². The molecule has 2 aromatic rings. The lowest BCUT2D eigenvalue weighted by atomic mass is 10.2. The molecule has 23 heavy (non-hydrogen) atoms. The maximum absolute atomic E-state index is 12.5. The Hall–Kier alpha value is -2.71. The molecule has 1 atom stereocenters. The number of carbonyl (C=O) groups excluding carboxylic acids is 1. The molecule has 0 unspecified atom stereocenters. The fraction of sp³-hybridized carbons (Fsp3) is 0.278. The van der Waals surface area contributed by atoms with Crippen molar-refractivity contribution < 1.29 is 4.79 Å². The molecule has 116 valence electrons. The molecule has 0 radical (unpaired) electrons. The zero-order valence-electron chi connectivity index (χ0n) is 12.8. The zero-order valence-corrected chi connectivity index (χ0v) is 12.8. The summed E-state index contributed by atoms with van der Waals surface area (Å²) in [6.07, 6.45) is 2.42. The lowest BCUT2D eigenvalue weighted by Crippen LogP contribution is -2.37. The van der Waals surface area contributed by atoms with E-state index in [9.17, 15) is 4.79 Å². The highest BCUT2D eigenvalue weighted by atomic mass is 16.2. The number of aromatic nitrogens is 1. The summed E-state index contributed by atoms with van der Waals surface area (Å²) in [4.78, 5) is 18.3. The van der Waals surface area contributed by atoms with Gasteiger partial charge >= 0.3 is 0 Å². The number of pyridine rings is 1. The van der Waals surface area contributed by atoms with Crippen LogP contribution in [0.3, 0.4) is 0 Å². The number of nitrogens with one attached hydrogen (secondary N) is 1. The fourth-order valence-electron chi connectivity index (χ4n) is 2.78. The van der Waals surface area contributed by atoms with Crippen LogP contribution in [0.5, 0.6) is 0 Å². The van der Waals surface area contributed by atoms with Crippen LogP contribution < -0.4 is 5.32 Å². The minimum atomic E-state index is -0.132. The molecule has 1 N–H and O–H groups in total. The summed E-state index contributed by atoms with van der Waals surface area (Å²) in [5.41, 5.74) is 2.49. The number of hydrogen-bond acceptors (Lipinski definition) is 4. The lowest BCUT2D eigenvalue weighted by Gasteiger charge is -2.17. The van der Waals surface area contributed by atoms with Gasteiger partial charge in [-0.3, -0.25) is 4.79 Å². The molecule has 3 rings (SSSR count). The molecule has 0 bridgehead atoms. The van der Waals surface area contributed by atoms with Gasteiger partial charge in [0.2, 0.25) is 5.91 Å². The quantitative estimate of drug-likeness (QED) is 0.915. The van der Waals surface area contributed by atoms with Gasteiger partial charge in [0.05, 0.1) is 6.04 Å². The second-order valence-electron chi connectivity index (χ2n) is 5.63. The molecule has 0 aliphatic carbocycles. The molecular weight excluding hydrogens is 288 g/mol. The summed E-state index contributed by atoms with van der Waals surface area (Å²) in [7, 11) is 0. The average Bonchev–Trinajstić information content (AvgIpc) is 2.94. The Bertz CT molecular complexity index is 723. The van der Waals surface area contributed by atoms with Crippen molar-refractivity contribution in [2.45, 2.75) is 25.6 Å². The number of benzene rings is 1. The SMILES string of the molecule is N#Cc1cc(CN2CC[C@H](NCc3ccccc3)C2=O)ccn1. The van der Waals surface area contributed by atoms with E-state index in [0.29, 0.717) is 18.8 Å². The molecule has 1 aliphatic heterocycles. The van der Waals surface area contributed by atoms with Crippen LogP contribution in [-0.4, -0.2) is 28.4 Å². The van der Waals surface area contributed by atoms with Gasteiger partial charge in [-0.2, -0.15) is 5.26 Å². The summed E-state index contributed by atoms with van der Waals surface area (Å²) < 4.78 is 0. The number of nitriles is 1. The van der Waals surface area contributed by atoms with Gasteiger partial charge < -0.3 is 10.2 Å². The van der Waals surface area contributed by atoms with Gasteiger partial charge in [-0.15, -0.1) is 0 Å². The van der Waals surface area contributed by atoms with Crippen molar-refractivity contribution in [3.05, 3.63) is 65.5 Å². The molecular formula is C18H18N4O. The first-order chi connectivity index (χ1) is 11.3. The largest absolute Gasteiger partial charge is 0.337 e. The van der Waals surface area contributed by atoms with E-state index >= 15 is 0 Å². The predicted octanol–water partition coefficient (Wildman–Crippen LogP) is 1.84. The van der Waals surface area contributed by atoms with E-state index in [4.69, 9.17) is 5.26 Å². The molecule has 0 spiro atoms. The molecule has 1 amide bonds. The minimum absolute atomic E-state index is 0.122. The maximum atomic E-state index is 12.5. The Kier molecular flexibility index (Phi) is 4.65. The summed E-state index contributed by atoms with van der Waals surface area (Å²) in [5.74, 6) is 0.122. The van der Waals surface area contributed by atoms with E-state index in [2.05, 4.69) is 10.3 Å².